The number of aliphatic carboxylic acids is 2. The van der Waals surface area contributed by atoms with Crippen molar-refractivity contribution in [1.82, 2.24) is 24.4 Å². The minimum Gasteiger partial charge on any atom is -0.507 e. The molecule has 3 aliphatic rings. The van der Waals surface area contributed by atoms with Crippen molar-refractivity contribution in [2.24, 2.45) is 92.0 Å². The van der Waals surface area contributed by atoms with Crippen LogP contribution in [0, 0.1) is 107 Å². The molecule has 780 valence electrons. The lowest BCUT2D eigenvalue weighted by Gasteiger charge is -2.43. The van der Waals surface area contributed by atoms with Crippen LogP contribution in [0.2, 0.25) is 0 Å². The number of ketones is 3. The summed E-state index contributed by atoms with van der Waals surface area (Å²) in [5.74, 6) is -24.7. The number of hydrogen-bond acceptors (Lipinski definition) is 30. The van der Waals surface area contributed by atoms with Gasteiger partial charge < -0.3 is 70.1 Å². The first-order valence-corrected chi connectivity index (χ1v) is 51.1. The zero-order chi connectivity index (χ0) is 107. The van der Waals surface area contributed by atoms with E-state index in [1.54, 1.807) is 104 Å². The predicted octanol–water partition coefficient (Wildman–Crippen LogP) is 11.5. The molecule has 40 heteroatoms. The van der Waals surface area contributed by atoms with E-state index in [4.69, 9.17) is 34.5 Å². The summed E-state index contributed by atoms with van der Waals surface area (Å²) in [7, 11) is -9.40. The Morgan fingerprint density at radius 2 is 0.796 bits per heavy atom. The molecular weight excluding hydrogens is 1900 g/mol. The van der Waals surface area contributed by atoms with Gasteiger partial charge in [0, 0.05) is 74.2 Å². The van der Waals surface area contributed by atoms with Crippen LogP contribution < -0.4 is 39.4 Å². The average Bonchev–Trinajstić information content (AvgIpc) is 1.58. The SMILES string of the molecule is CCC(C)(C)C1C(=O)OC(=O)C1C.CCO.CCOC(=O)C(C(CC(C)(C)C1C(=O)OC(=O)C1C)C(=O)O)C(C)(C)CC1C(=O)N(CCCNS(=O)(=O)c2cc(C(=O)c3ccc(C)cc3)c(O)cc2OC)C(=O)C1C(C)(C)CC(C(=O)O)C(C(=O)NCCCNS(=O)(=O)c1cc(C(=O)c2ccc(C)cc2)c(O)cc1OC)C(C)(C)CC.COc1cc(O)c(C(=O)c2ccc(C)cc2)cc1S(=O)(=O)NCCCN. The number of aromatic hydroxyl groups is 3. The molecule has 0 radical (unpaired) electrons. The molecule has 0 aliphatic carbocycles. The minimum atomic E-state index is -4.61. The number of methoxy groups -OCH3 is 3. The van der Waals surface area contributed by atoms with Crippen LogP contribution in [0.3, 0.4) is 0 Å². The molecule has 12 N–H and O–H groups in total. The van der Waals surface area contributed by atoms with Crippen LogP contribution in [0.4, 0.5) is 0 Å². The molecule has 3 saturated heterocycles. The van der Waals surface area contributed by atoms with Gasteiger partial charge in [-0.15, -0.1) is 0 Å². The van der Waals surface area contributed by atoms with Crippen molar-refractivity contribution in [3.05, 3.63) is 159 Å². The first-order chi connectivity index (χ1) is 66.1. The minimum absolute atomic E-state index is 0.0526. The number of phenolic OH excluding ortho intramolecular Hbond substituents is 3. The maximum Gasteiger partial charge on any atom is 0.318 e. The van der Waals surface area contributed by atoms with Crippen molar-refractivity contribution in [1.29, 1.82) is 0 Å². The number of carboxylic acid groups (broad SMARTS) is 2. The number of nitrogens with two attached hydrogens (primary N) is 1. The van der Waals surface area contributed by atoms with E-state index in [0.29, 0.717) is 18.5 Å². The van der Waals surface area contributed by atoms with Gasteiger partial charge in [-0.2, -0.15) is 0 Å². The number of esters is 5. The zero-order valence-electron chi connectivity index (χ0n) is 84.6. The highest BCUT2D eigenvalue weighted by atomic mass is 32.2. The van der Waals surface area contributed by atoms with Gasteiger partial charge in [0.15, 0.2) is 17.3 Å². The Morgan fingerprint density at radius 1 is 0.458 bits per heavy atom. The Balaban J connectivity index is 0.000000598. The van der Waals surface area contributed by atoms with E-state index < -0.39 is 218 Å². The van der Waals surface area contributed by atoms with Gasteiger partial charge in [0.1, 0.15) is 49.2 Å². The van der Waals surface area contributed by atoms with Gasteiger partial charge in [-0.1, -0.05) is 199 Å². The van der Waals surface area contributed by atoms with Gasteiger partial charge in [0.2, 0.25) is 47.8 Å². The molecule has 0 saturated carbocycles. The Morgan fingerprint density at radius 3 is 1.11 bits per heavy atom. The van der Waals surface area contributed by atoms with Gasteiger partial charge in [0.05, 0.1) is 104 Å². The standard InChI is InChI=1S/C72H94N4O22S2.C18H22N2O5S.C10H16O3.C2H6O/c1-16-69(6,7)56(61(81)73-28-18-29-74-99(91,92)53-32-44(49(77)34-51(53)95-14)59(79)42-24-20-39(3)21-25-42)47(64(84)85)37-71(10,11)57-46(36-72(12,13)58(67(89)97-17-2)48(65(86)87)38-70(8,9)55-41(5)66(88)98-68(55)90)62(82)76(63(57)83)31-19-30-75-100(93,94)54-33-45(50(78)35-52(54)96-15)60(80)43-26-22-40(4)23-27-43;1-12-4-6-13(7-5-12)18(22)14-10-17(16(25-2)11-15(14)21)26(23,24)20-9-3-8-19;1-5-10(3,4)7-6(2)8(11)13-9(7)12;1-2-3/h20-27,32-35,41,46-48,55-58,74-75,77-78H,16-19,28-31,36-38H2,1-15H3,(H,73,81)(H,84,85)(H,86,87);4-7,10-11,20-21H,3,8-9,19H2,1-2H3;6-7H,5H2,1-4H3;3H,2H2,1H3. The fourth-order valence-corrected chi connectivity index (χ4v) is 22.1. The normalized spacial score (nSPS) is 17.7. The second kappa shape index (κ2) is 49.9. The largest absolute Gasteiger partial charge is 0.507 e. The third-order valence-electron chi connectivity index (χ3n) is 26.6. The summed E-state index contributed by atoms with van der Waals surface area (Å²) in [6.07, 6.45) is -0.0579. The van der Waals surface area contributed by atoms with E-state index in [0.717, 1.165) is 71.5 Å². The lowest BCUT2D eigenvalue weighted by Crippen LogP contribution is -2.49. The molecule has 9 rings (SSSR count). The number of carboxylic acids is 2. The zero-order valence-corrected chi connectivity index (χ0v) is 87.1. The van der Waals surface area contributed by atoms with E-state index >= 15 is 9.59 Å². The molecule has 3 heterocycles. The number of amides is 3. The van der Waals surface area contributed by atoms with E-state index in [1.165, 1.54) is 80.0 Å². The molecule has 3 fully saturated rings. The first-order valence-electron chi connectivity index (χ1n) is 46.7. The second-order valence-corrected chi connectivity index (χ2v) is 44.3. The number of phenols is 3. The number of sulfonamides is 3. The van der Waals surface area contributed by atoms with Gasteiger partial charge in [-0.25, -0.2) is 39.4 Å². The Bertz CT molecular complexity index is 5980. The molecule has 10 atom stereocenters. The average molecular weight is 2040 g/mol. The van der Waals surface area contributed by atoms with Crippen LogP contribution in [-0.2, 0) is 92.2 Å². The summed E-state index contributed by atoms with van der Waals surface area (Å²) >= 11 is 0. The highest BCUT2D eigenvalue weighted by Crippen LogP contribution is 2.55. The van der Waals surface area contributed by atoms with Gasteiger partial charge in [0.25, 0.3) is 0 Å². The third-order valence-corrected chi connectivity index (χ3v) is 31.0. The van der Waals surface area contributed by atoms with E-state index in [9.17, 15) is 104 Å². The Hall–Kier alpha value is -11.9. The predicted molar refractivity (Wildman–Crippen MR) is 522 cm³/mol. The Kier molecular flexibility index (Phi) is 41.7. The van der Waals surface area contributed by atoms with Crippen LogP contribution in [-0.4, -0.2) is 211 Å². The highest BCUT2D eigenvalue weighted by Gasteiger charge is 2.60. The molecule has 6 aromatic rings. The van der Waals surface area contributed by atoms with Crippen LogP contribution in [0.5, 0.6) is 34.5 Å². The molecule has 3 amide bonds. The number of benzene rings is 6. The smallest absolute Gasteiger partial charge is 0.318 e. The summed E-state index contributed by atoms with van der Waals surface area (Å²) in [6.45, 7) is 31.3. The van der Waals surface area contributed by atoms with Gasteiger partial charge in [-0.05, 0) is 125 Å². The van der Waals surface area contributed by atoms with Crippen LogP contribution in [0.25, 0.3) is 0 Å². The number of nitrogens with zero attached hydrogens (tertiary/aromatic N) is 1. The number of aliphatic hydroxyl groups excluding tert-OH is 1. The summed E-state index contributed by atoms with van der Waals surface area (Å²) in [5.41, 5.74) is 2.14. The first kappa shape index (κ1) is 119. The number of rotatable bonds is 46. The number of carbonyl (C=O) groups is 13. The maximum atomic E-state index is 15.5. The number of cyclic esters (lactones) is 4. The van der Waals surface area contributed by atoms with Crippen molar-refractivity contribution >= 4 is 107 Å². The fourth-order valence-electron chi connectivity index (χ4n) is 18.3. The molecule has 0 aromatic heterocycles. The summed E-state index contributed by atoms with van der Waals surface area (Å²) in [6, 6.07) is 25.7. The Labute approximate surface area is 830 Å². The molecule has 6 aromatic carbocycles. The molecule has 3 aliphatic heterocycles. The quantitative estimate of drug-likeness (QED) is 0.00422. The number of aliphatic hydroxyl groups is 1. The number of nitrogens with one attached hydrogen (secondary N) is 4. The third kappa shape index (κ3) is 29.0. The maximum absolute atomic E-state index is 15.5. The number of hydrogen-bond donors (Lipinski definition) is 11. The second-order valence-electron chi connectivity index (χ2n) is 39.1. The van der Waals surface area contributed by atoms with Crippen molar-refractivity contribution in [2.45, 2.75) is 198 Å². The number of ether oxygens (including phenoxy) is 6. The van der Waals surface area contributed by atoms with Crippen LogP contribution in [0.15, 0.2) is 124 Å². The number of aryl methyl sites for hydroxylation is 3. The van der Waals surface area contributed by atoms with E-state index in [-0.39, 0.29) is 137 Å². The number of imide groups is 1. The lowest BCUT2D eigenvalue weighted by molar-refractivity contribution is -0.166. The summed E-state index contributed by atoms with van der Waals surface area (Å²) < 4.78 is 119. The van der Waals surface area contributed by atoms with Crippen molar-refractivity contribution < 1.29 is 147 Å². The van der Waals surface area contributed by atoms with Gasteiger partial charge >= 0.3 is 41.8 Å². The van der Waals surface area contributed by atoms with Gasteiger partial charge in [-0.3, -0.25) is 67.2 Å². The molecule has 10 unspecified atom stereocenters. The molecule has 142 heavy (non-hydrogen) atoms. The van der Waals surface area contributed by atoms with Crippen molar-refractivity contribution in [2.75, 3.05) is 73.8 Å². The number of likely N-dealkylation sites (tertiary alicyclic amines) is 1. The molecule has 37 nitrogen and oxygen atoms in total. The number of carbonyl (C=O) groups excluding carboxylic acids is 11. The van der Waals surface area contributed by atoms with Crippen molar-refractivity contribution in [3.63, 3.8) is 0 Å². The van der Waals surface area contributed by atoms with Crippen LogP contribution >= 0.6 is 0 Å². The lowest BCUT2D eigenvalue weighted by atomic mass is 9.58. The molecule has 0 spiro atoms. The topological polar surface area (TPSA) is 578 Å². The summed E-state index contributed by atoms with van der Waals surface area (Å²) in [5, 5.41) is 64.6. The highest BCUT2D eigenvalue weighted by molar-refractivity contribution is 7.90. The fraction of sp³-hybridized carbons (Fsp3) is 0.520. The van der Waals surface area contributed by atoms with Crippen molar-refractivity contribution in [3.8, 4) is 34.5 Å². The van der Waals surface area contributed by atoms with E-state index in [2.05, 4.69) is 24.2 Å². The van der Waals surface area contributed by atoms with Crippen LogP contribution in [0.1, 0.15) is 227 Å². The summed E-state index contributed by atoms with van der Waals surface area (Å²) in [4.78, 5) is 175. The van der Waals surface area contributed by atoms with E-state index in [1.807, 2.05) is 34.6 Å². The molecule has 0 bridgehead atoms. The monoisotopic (exact) mass is 2040 g/mol. The molecular formula is C102H138N6O31S3.